The van der Waals surface area contributed by atoms with Crippen molar-refractivity contribution in [2.75, 3.05) is 6.54 Å². The number of carbonyl (C=O) groups excluding carboxylic acids is 1. The molecule has 1 saturated carbocycles. The summed E-state index contributed by atoms with van der Waals surface area (Å²) in [4.78, 5) is 11.7. The summed E-state index contributed by atoms with van der Waals surface area (Å²) in [6.45, 7) is 7.34. The van der Waals surface area contributed by atoms with Crippen molar-refractivity contribution < 1.29 is 4.79 Å². The second-order valence-electron chi connectivity index (χ2n) is 4.90. The molecule has 0 saturated heterocycles. The summed E-state index contributed by atoms with van der Waals surface area (Å²) >= 11 is 0. The van der Waals surface area contributed by atoms with Gasteiger partial charge in [0.05, 0.1) is 5.54 Å². The van der Waals surface area contributed by atoms with Gasteiger partial charge in [0.2, 0.25) is 5.91 Å². The van der Waals surface area contributed by atoms with Gasteiger partial charge in [-0.1, -0.05) is 20.8 Å². The Labute approximate surface area is 105 Å². The van der Waals surface area contributed by atoms with Crippen molar-refractivity contribution in [3.63, 3.8) is 0 Å². The number of carbonyl (C=O) groups is 1. The zero-order valence-electron chi connectivity index (χ0n) is 10.6. The van der Waals surface area contributed by atoms with Crippen LogP contribution in [0.15, 0.2) is 0 Å². The molecule has 0 radical (unpaired) electrons. The maximum absolute atomic E-state index is 11.7. The summed E-state index contributed by atoms with van der Waals surface area (Å²) in [5, 5.41) is 3.01. The lowest BCUT2D eigenvalue weighted by molar-refractivity contribution is -0.123. The van der Waals surface area contributed by atoms with Crippen LogP contribution in [-0.2, 0) is 4.79 Å². The summed E-state index contributed by atoms with van der Waals surface area (Å²) in [6, 6.07) is 0. The monoisotopic (exact) mass is 248 g/mol. The Morgan fingerprint density at radius 2 is 1.69 bits per heavy atom. The standard InChI is InChI=1S/C12H24N2O.ClH/c1-4-11(5-2,6-3)9-14-10(15)12(13)7-8-12;/h4-9,13H2,1-3H3,(H,14,15);1H. The van der Waals surface area contributed by atoms with Gasteiger partial charge in [0, 0.05) is 6.54 Å². The SMILES string of the molecule is CCC(CC)(CC)CNC(=O)C1(N)CC1.Cl. The first-order valence-electron chi connectivity index (χ1n) is 6.09. The first-order valence-corrected chi connectivity index (χ1v) is 6.09. The van der Waals surface area contributed by atoms with E-state index >= 15 is 0 Å². The molecule has 16 heavy (non-hydrogen) atoms. The first-order chi connectivity index (χ1) is 7.02. The van der Waals surface area contributed by atoms with Gasteiger partial charge in [-0.2, -0.15) is 0 Å². The van der Waals surface area contributed by atoms with E-state index in [1.807, 2.05) is 0 Å². The van der Waals surface area contributed by atoms with Crippen LogP contribution in [0, 0.1) is 5.41 Å². The fourth-order valence-electron chi connectivity index (χ4n) is 1.93. The summed E-state index contributed by atoms with van der Waals surface area (Å²) in [5.41, 5.74) is 5.57. The molecule has 4 heteroatoms. The summed E-state index contributed by atoms with van der Waals surface area (Å²) < 4.78 is 0. The minimum atomic E-state index is -0.527. The van der Waals surface area contributed by atoms with Gasteiger partial charge in [-0.25, -0.2) is 0 Å². The lowest BCUT2D eigenvalue weighted by Gasteiger charge is -2.31. The van der Waals surface area contributed by atoms with Crippen LogP contribution in [0.3, 0.4) is 0 Å². The van der Waals surface area contributed by atoms with Gasteiger partial charge in [0.25, 0.3) is 0 Å². The van der Waals surface area contributed by atoms with Gasteiger partial charge in [-0.3, -0.25) is 4.79 Å². The zero-order valence-corrected chi connectivity index (χ0v) is 11.5. The highest BCUT2D eigenvalue weighted by molar-refractivity contribution is 5.88. The van der Waals surface area contributed by atoms with Crippen LogP contribution in [0.4, 0.5) is 0 Å². The average molecular weight is 249 g/mol. The Bertz CT molecular complexity index is 227. The van der Waals surface area contributed by atoms with Crippen LogP contribution in [0.25, 0.3) is 0 Å². The maximum Gasteiger partial charge on any atom is 0.240 e. The van der Waals surface area contributed by atoms with Crippen molar-refractivity contribution >= 4 is 18.3 Å². The molecule has 3 nitrogen and oxygen atoms in total. The summed E-state index contributed by atoms with van der Waals surface area (Å²) in [6.07, 6.45) is 5.01. The Hall–Kier alpha value is -0.280. The maximum atomic E-state index is 11.7. The largest absolute Gasteiger partial charge is 0.354 e. The van der Waals surface area contributed by atoms with Crippen LogP contribution < -0.4 is 11.1 Å². The molecule has 0 aliphatic heterocycles. The van der Waals surface area contributed by atoms with Crippen LogP contribution in [0.2, 0.25) is 0 Å². The number of hydrogen-bond donors (Lipinski definition) is 2. The van der Waals surface area contributed by atoms with Crippen LogP contribution in [0.1, 0.15) is 52.9 Å². The Kier molecular flexibility index (Phi) is 5.77. The average Bonchev–Trinajstić information content (AvgIpc) is 3.00. The number of nitrogens with one attached hydrogen (secondary N) is 1. The molecule has 0 aromatic heterocycles. The van der Waals surface area contributed by atoms with E-state index in [2.05, 4.69) is 26.1 Å². The number of hydrogen-bond acceptors (Lipinski definition) is 2. The molecular weight excluding hydrogens is 224 g/mol. The molecule has 0 aromatic carbocycles. The molecule has 0 spiro atoms. The van der Waals surface area contributed by atoms with Gasteiger partial charge in [-0.05, 0) is 37.5 Å². The zero-order chi connectivity index (χ0) is 11.5. The van der Waals surface area contributed by atoms with E-state index in [1.54, 1.807) is 0 Å². The van der Waals surface area contributed by atoms with E-state index in [0.29, 0.717) is 0 Å². The van der Waals surface area contributed by atoms with Crippen molar-refractivity contribution in [2.45, 2.75) is 58.4 Å². The molecule has 0 unspecified atom stereocenters. The highest BCUT2D eigenvalue weighted by Gasteiger charge is 2.46. The second kappa shape index (κ2) is 5.87. The van der Waals surface area contributed by atoms with Gasteiger partial charge >= 0.3 is 0 Å². The number of rotatable bonds is 6. The van der Waals surface area contributed by atoms with E-state index in [4.69, 9.17) is 5.73 Å². The number of nitrogens with two attached hydrogens (primary N) is 1. The molecule has 1 aliphatic rings. The second-order valence-corrected chi connectivity index (χ2v) is 4.90. The fraction of sp³-hybridized carbons (Fsp3) is 0.917. The number of halogens is 1. The van der Waals surface area contributed by atoms with Crippen molar-refractivity contribution in [3.05, 3.63) is 0 Å². The quantitative estimate of drug-likeness (QED) is 0.758. The molecule has 0 heterocycles. The molecular formula is C12H25ClN2O. The molecule has 0 bridgehead atoms. The fourth-order valence-corrected chi connectivity index (χ4v) is 1.93. The van der Waals surface area contributed by atoms with E-state index in [9.17, 15) is 4.79 Å². The lowest BCUT2D eigenvalue weighted by atomic mass is 9.80. The van der Waals surface area contributed by atoms with E-state index in [-0.39, 0.29) is 23.7 Å². The van der Waals surface area contributed by atoms with Gasteiger partial charge < -0.3 is 11.1 Å². The molecule has 1 fully saturated rings. The van der Waals surface area contributed by atoms with Crippen molar-refractivity contribution in [1.29, 1.82) is 0 Å². The van der Waals surface area contributed by atoms with E-state index in [0.717, 1.165) is 38.6 Å². The lowest BCUT2D eigenvalue weighted by Crippen LogP contribution is -2.46. The predicted molar refractivity (Wildman–Crippen MR) is 69.7 cm³/mol. The Morgan fingerprint density at radius 1 is 1.25 bits per heavy atom. The highest BCUT2D eigenvalue weighted by Crippen LogP contribution is 2.33. The molecule has 1 aliphatic carbocycles. The minimum Gasteiger partial charge on any atom is -0.354 e. The van der Waals surface area contributed by atoms with Crippen LogP contribution in [-0.4, -0.2) is 18.0 Å². The third-order valence-electron chi connectivity index (χ3n) is 4.11. The normalized spacial score (nSPS) is 17.5. The minimum absolute atomic E-state index is 0. The molecule has 0 aromatic rings. The third-order valence-corrected chi connectivity index (χ3v) is 4.11. The summed E-state index contributed by atoms with van der Waals surface area (Å²) in [7, 11) is 0. The molecule has 96 valence electrons. The predicted octanol–water partition coefficient (Wildman–Crippen LogP) is 2.23. The van der Waals surface area contributed by atoms with Crippen molar-refractivity contribution in [3.8, 4) is 0 Å². The first kappa shape index (κ1) is 15.7. The Balaban J connectivity index is 0.00000225. The number of amides is 1. The third kappa shape index (κ3) is 3.36. The van der Waals surface area contributed by atoms with Crippen molar-refractivity contribution in [1.82, 2.24) is 5.32 Å². The topological polar surface area (TPSA) is 55.1 Å². The van der Waals surface area contributed by atoms with E-state index < -0.39 is 5.54 Å². The smallest absolute Gasteiger partial charge is 0.240 e. The summed E-state index contributed by atoms with van der Waals surface area (Å²) in [5.74, 6) is 0.0437. The highest BCUT2D eigenvalue weighted by atomic mass is 35.5. The van der Waals surface area contributed by atoms with Gasteiger partial charge in [0.1, 0.15) is 0 Å². The Morgan fingerprint density at radius 3 is 2.00 bits per heavy atom. The van der Waals surface area contributed by atoms with E-state index in [1.165, 1.54) is 0 Å². The van der Waals surface area contributed by atoms with Crippen LogP contribution >= 0.6 is 12.4 Å². The van der Waals surface area contributed by atoms with Gasteiger partial charge in [-0.15, -0.1) is 12.4 Å². The molecule has 3 N–H and O–H groups in total. The molecule has 1 amide bonds. The van der Waals surface area contributed by atoms with Gasteiger partial charge in [0.15, 0.2) is 0 Å². The molecule has 1 rings (SSSR count). The van der Waals surface area contributed by atoms with Crippen molar-refractivity contribution in [2.24, 2.45) is 11.1 Å². The molecule has 0 atom stereocenters. The van der Waals surface area contributed by atoms with Crippen LogP contribution in [0.5, 0.6) is 0 Å².